The van der Waals surface area contributed by atoms with Crippen molar-refractivity contribution in [1.29, 1.82) is 0 Å². The van der Waals surface area contributed by atoms with Crippen LogP contribution >= 0.6 is 11.6 Å². The first-order valence-corrected chi connectivity index (χ1v) is 12.2. The minimum atomic E-state index is -4.99. The number of hydrogen-bond acceptors (Lipinski definition) is 8. The highest BCUT2D eigenvalue weighted by molar-refractivity contribution is 7.92. The van der Waals surface area contributed by atoms with Gasteiger partial charge in [-0.3, -0.25) is 0 Å². The Labute approximate surface area is 208 Å². The summed E-state index contributed by atoms with van der Waals surface area (Å²) in [5, 5.41) is 2.00. The van der Waals surface area contributed by atoms with E-state index in [-0.39, 0.29) is 17.0 Å². The Kier molecular flexibility index (Phi) is 7.07. The Hall–Kier alpha value is -3.42. The molecule has 1 aliphatic heterocycles. The van der Waals surface area contributed by atoms with Crippen molar-refractivity contribution < 1.29 is 35.9 Å². The maximum absolute atomic E-state index is 13.8. The molecule has 14 heteroatoms. The number of anilines is 1. The lowest BCUT2D eigenvalue weighted by molar-refractivity contribution is -0.139. The zero-order valence-electron chi connectivity index (χ0n) is 18.5. The molecule has 1 atom stereocenters. The molecule has 0 aliphatic carbocycles. The van der Waals surface area contributed by atoms with Crippen LogP contribution in [0.25, 0.3) is 0 Å². The van der Waals surface area contributed by atoms with Crippen molar-refractivity contribution in [2.45, 2.75) is 23.7 Å². The number of fused-ring (bicyclic) bond motifs is 1. The van der Waals surface area contributed by atoms with Crippen LogP contribution in [0, 0.1) is 0 Å². The van der Waals surface area contributed by atoms with Gasteiger partial charge in [-0.2, -0.15) is 23.1 Å². The van der Waals surface area contributed by atoms with E-state index in [1.54, 1.807) is 24.3 Å². The summed E-state index contributed by atoms with van der Waals surface area (Å²) >= 11 is 5.83. The average Bonchev–Trinajstić information content (AvgIpc) is 2.82. The molecule has 2 aromatic carbocycles. The first-order valence-electron chi connectivity index (χ1n) is 10.3. The molecule has 1 unspecified atom stereocenters. The van der Waals surface area contributed by atoms with Crippen molar-refractivity contribution in [2.75, 3.05) is 18.4 Å². The number of methoxy groups -OCH3 is 1. The van der Waals surface area contributed by atoms with Gasteiger partial charge in [-0.25, -0.2) is 17.9 Å². The van der Waals surface area contributed by atoms with Gasteiger partial charge < -0.3 is 14.8 Å². The van der Waals surface area contributed by atoms with Gasteiger partial charge in [0.05, 0.1) is 17.6 Å². The smallest absolute Gasteiger partial charge is 0.424 e. The number of rotatable bonds is 6. The van der Waals surface area contributed by atoms with Crippen LogP contribution in [0.4, 0.5) is 19.1 Å². The van der Waals surface area contributed by atoms with Crippen LogP contribution in [0.5, 0.6) is 5.88 Å². The van der Waals surface area contributed by atoms with E-state index < -0.39 is 50.8 Å². The summed E-state index contributed by atoms with van der Waals surface area (Å²) < 4.78 is 79.3. The number of carbonyl (C=O) groups excluding carboxylic acids is 1. The molecule has 2 N–H and O–H groups in total. The largest absolute Gasteiger partial charge is 0.467 e. The summed E-state index contributed by atoms with van der Waals surface area (Å²) in [7, 11) is -3.31. The molecule has 0 radical (unpaired) electrons. The number of aromatic nitrogens is 2. The van der Waals surface area contributed by atoms with Gasteiger partial charge in [0.1, 0.15) is 6.10 Å². The number of nitrogens with zero attached hydrogens (tertiary/aromatic N) is 2. The van der Waals surface area contributed by atoms with E-state index in [0.717, 1.165) is 18.7 Å². The predicted molar refractivity (Wildman–Crippen MR) is 122 cm³/mol. The second kappa shape index (κ2) is 9.91. The van der Waals surface area contributed by atoms with Crippen LogP contribution in [0.15, 0.2) is 53.4 Å². The van der Waals surface area contributed by atoms with E-state index in [9.17, 15) is 26.4 Å². The summed E-state index contributed by atoms with van der Waals surface area (Å²) in [4.78, 5) is 18.5. The lowest BCUT2D eigenvalue weighted by Crippen LogP contribution is -2.32. The number of alkyl halides is 3. The van der Waals surface area contributed by atoms with Crippen molar-refractivity contribution in [1.82, 2.24) is 15.3 Å². The van der Waals surface area contributed by atoms with Crippen molar-refractivity contribution in [3.8, 4) is 5.88 Å². The molecule has 0 fully saturated rings. The topological polar surface area (TPSA) is 120 Å². The van der Waals surface area contributed by atoms with Crippen molar-refractivity contribution in [3.05, 3.63) is 75.9 Å². The Balaban J connectivity index is 1.72. The van der Waals surface area contributed by atoms with Gasteiger partial charge in [0.25, 0.3) is 10.0 Å². The lowest BCUT2D eigenvalue weighted by atomic mass is 9.99. The molecule has 190 valence electrons. The van der Waals surface area contributed by atoms with Crippen molar-refractivity contribution in [2.24, 2.45) is 0 Å². The van der Waals surface area contributed by atoms with Crippen LogP contribution in [0.2, 0.25) is 5.15 Å². The predicted octanol–water partition coefficient (Wildman–Crippen LogP) is 3.96. The third-order valence-corrected chi connectivity index (χ3v) is 6.81. The number of sulfonamides is 1. The maximum Gasteiger partial charge on any atom is 0.424 e. The lowest BCUT2D eigenvalue weighted by Gasteiger charge is -2.27. The number of benzene rings is 2. The van der Waals surface area contributed by atoms with Gasteiger partial charge in [0.2, 0.25) is 11.8 Å². The normalized spacial score (nSPS) is 15.6. The highest BCUT2D eigenvalue weighted by atomic mass is 35.5. The number of esters is 1. The summed E-state index contributed by atoms with van der Waals surface area (Å²) in [5.41, 5.74) is -0.0168. The van der Waals surface area contributed by atoms with E-state index in [4.69, 9.17) is 16.3 Å². The third kappa shape index (κ3) is 5.37. The van der Waals surface area contributed by atoms with Gasteiger partial charge >= 0.3 is 12.1 Å². The van der Waals surface area contributed by atoms with E-state index in [1.807, 2.05) is 4.72 Å². The average molecular weight is 543 g/mol. The third-order valence-electron chi connectivity index (χ3n) is 5.21. The molecule has 0 bridgehead atoms. The standard InChI is InChI=1S/C22H18ClF3N4O5S/c1-34-20(31)12-6-4-7-14(9-12)36(32,33)30-21-28-18(23)17(22(24,25)26)19(29-21)35-16-11-27-10-13-5-2-3-8-15(13)16/h2-9,16,27H,10-11H2,1H3,(H,28,29,30). The Morgan fingerprint density at radius 2 is 1.92 bits per heavy atom. The Bertz CT molecular complexity index is 1420. The van der Waals surface area contributed by atoms with E-state index >= 15 is 0 Å². The molecular weight excluding hydrogens is 525 g/mol. The quantitative estimate of drug-likeness (QED) is 0.355. The first kappa shape index (κ1) is 25.7. The zero-order chi connectivity index (χ0) is 26.1. The van der Waals surface area contributed by atoms with Crippen LogP contribution < -0.4 is 14.8 Å². The van der Waals surface area contributed by atoms with Crippen molar-refractivity contribution in [3.63, 3.8) is 0 Å². The van der Waals surface area contributed by atoms with Gasteiger partial charge in [0.15, 0.2) is 10.7 Å². The van der Waals surface area contributed by atoms with Crippen LogP contribution in [0.3, 0.4) is 0 Å². The molecule has 0 amide bonds. The molecule has 9 nitrogen and oxygen atoms in total. The summed E-state index contributed by atoms with van der Waals surface area (Å²) in [5.74, 6) is -2.46. The molecule has 0 saturated heterocycles. The van der Waals surface area contributed by atoms with Gasteiger partial charge in [0, 0.05) is 13.1 Å². The number of hydrogen-bond donors (Lipinski definition) is 2. The monoisotopic (exact) mass is 542 g/mol. The molecule has 1 aliphatic rings. The maximum atomic E-state index is 13.8. The van der Waals surface area contributed by atoms with Crippen LogP contribution in [-0.2, 0) is 27.5 Å². The van der Waals surface area contributed by atoms with Gasteiger partial charge in [-0.1, -0.05) is 41.9 Å². The Morgan fingerprint density at radius 3 is 2.64 bits per heavy atom. The summed E-state index contributed by atoms with van der Waals surface area (Å²) in [6.45, 7) is 0.680. The summed E-state index contributed by atoms with van der Waals surface area (Å²) in [6.07, 6.45) is -5.84. The molecule has 0 spiro atoms. The van der Waals surface area contributed by atoms with E-state index in [1.165, 1.54) is 18.2 Å². The molecule has 2 heterocycles. The number of nitrogens with one attached hydrogen (secondary N) is 2. The zero-order valence-corrected chi connectivity index (χ0v) is 20.0. The van der Waals surface area contributed by atoms with E-state index in [2.05, 4.69) is 20.0 Å². The van der Waals surface area contributed by atoms with Gasteiger partial charge in [-0.15, -0.1) is 0 Å². The second-order valence-electron chi connectivity index (χ2n) is 7.58. The number of carbonyl (C=O) groups is 1. The Morgan fingerprint density at radius 1 is 1.17 bits per heavy atom. The van der Waals surface area contributed by atoms with Gasteiger partial charge in [-0.05, 0) is 29.3 Å². The second-order valence-corrected chi connectivity index (χ2v) is 9.62. The minimum Gasteiger partial charge on any atom is -0.467 e. The number of halogens is 4. The fourth-order valence-corrected chi connectivity index (χ4v) is 4.82. The van der Waals surface area contributed by atoms with E-state index in [0.29, 0.717) is 12.1 Å². The van der Waals surface area contributed by atoms with Crippen molar-refractivity contribution >= 4 is 33.5 Å². The molecule has 0 saturated carbocycles. The highest BCUT2D eigenvalue weighted by Crippen LogP contribution is 2.41. The van der Waals surface area contributed by atoms with Crippen LogP contribution in [0.1, 0.15) is 33.2 Å². The number of ether oxygens (including phenoxy) is 2. The van der Waals surface area contributed by atoms with Crippen LogP contribution in [-0.4, -0.2) is 38.0 Å². The molecule has 1 aromatic heterocycles. The molecule has 36 heavy (non-hydrogen) atoms. The fourth-order valence-electron chi connectivity index (χ4n) is 3.57. The minimum absolute atomic E-state index is 0.0563. The first-order chi connectivity index (χ1) is 17.0. The summed E-state index contributed by atoms with van der Waals surface area (Å²) in [6, 6.07) is 11.9. The molecular formula is C22H18ClF3N4O5S. The molecule has 4 rings (SSSR count). The highest BCUT2D eigenvalue weighted by Gasteiger charge is 2.41. The fraction of sp³-hybridized carbons (Fsp3) is 0.227. The molecule has 3 aromatic rings. The SMILES string of the molecule is COC(=O)c1cccc(S(=O)(=O)Nc2nc(Cl)c(C(F)(F)F)c(OC3CNCc4ccccc43)n2)c1.